The van der Waals surface area contributed by atoms with Crippen molar-refractivity contribution in [2.75, 3.05) is 10.6 Å². The molecule has 1 aromatic carbocycles. The Bertz CT molecular complexity index is 420. The first kappa shape index (κ1) is 6.77. The van der Waals surface area contributed by atoms with Crippen molar-refractivity contribution in [1.82, 2.24) is 10.2 Å². The second kappa shape index (κ2) is 2.16. The molecule has 0 saturated carbocycles. The molecule has 0 amide bonds. The number of rotatable bonds is 0. The number of aromatic amines is 1. The van der Waals surface area contributed by atoms with Gasteiger partial charge in [0.25, 0.3) is 0 Å². The van der Waals surface area contributed by atoms with Gasteiger partial charge in [0, 0.05) is 5.39 Å². The Kier molecular flexibility index (Phi) is 1.12. The molecule has 3 N–H and O–H groups in total. The minimum atomic E-state index is 0.314. The Morgan fingerprint density at radius 2 is 2.00 bits per heavy atom. The van der Waals surface area contributed by atoms with Crippen molar-refractivity contribution in [3.05, 3.63) is 18.3 Å². The summed E-state index contributed by atoms with van der Waals surface area (Å²) < 4.78 is 0. The third-order valence-corrected chi connectivity index (χ3v) is 2.32. The molecule has 0 aliphatic carbocycles. The van der Waals surface area contributed by atoms with E-state index in [1.165, 1.54) is 0 Å². The van der Waals surface area contributed by atoms with Crippen LogP contribution in [0.5, 0.6) is 0 Å². The summed E-state index contributed by atoms with van der Waals surface area (Å²) in [4.78, 5) is 0. The first-order valence-electron chi connectivity index (χ1n) is 4.33. The van der Waals surface area contributed by atoms with Crippen molar-refractivity contribution in [2.45, 2.75) is 13.1 Å². The van der Waals surface area contributed by atoms with Crippen molar-refractivity contribution in [3.8, 4) is 0 Å². The molecule has 4 nitrogen and oxygen atoms in total. The van der Waals surface area contributed by atoms with Gasteiger partial charge in [-0.25, -0.2) is 0 Å². The number of anilines is 2. The molecule has 1 atom stereocenters. The van der Waals surface area contributed by atoms with Crippen LogP contribution in [-0.2, 0) is 0 Å². The Labute approximate surface area is 75.3 Å². The molecular formula is C9H10N4. The first-order valence-corrected chi connectivity index (χ1v) is 4.33. The molecule has 3 rings (SSSR count). The highest BCUT2D eigenvalue weighted by Crippen LogP contribution is 2.32. The molecule has 0 radical (unpaired) electrons. The summed E-state index contributed by atoms with van der Waals surface area (Å²) in [7, 11) is 0. The summed E-state index contributed by atoms with van der Waals surface area (Å²) in [6.45, 7) is 2.09. The number of H-pyrrole nitrogens is 1. The van der Waals surface area contributed by atoms with Crippen LogP contribution in [0.1, 0.15) is 6.92 Å². The van der Waals surface area contributed by atoms with Crippen LogP contribution in [0.15, 0.2) is 18.3 Å². The Morgan fingerprint density at radius 3 is 2.85 bits per heavy atom. The minimum absolute atomic E-state index is 0.314. The van der Waals surface area contributed by atoms with Crippen LogP contribution in [-0.4, -0.2) is 16.4 Å². The molecule has 66 valence electrons. The average molecular weight is 174 g/mol. The van der Waals surface area contributed by atoms with E-state index in [0.29, 0.717) is 6.17 Å². The van der Waals surface area contributed by atoms with Crippen LogP contribution in [0.4, 0.5) is 11.4 Å². The fraction of sp³-hybridized carbons (Fsp3) is 0.222. The van der Waals surface area contributed by atoms with Gasteiger partial charge in [-0.3, -0.25) is 5.10 Å². The van der Waals surface area contributed by atoms with E-state index in [1.54, 1.807) is 0 Å². The lowest BCUT2D eigenvalue weighted by Crippen LogP contribution is -2.16. The maximum Gasteiger partial charge on any atom is 0.0935 e. The lowest BCUT2D eigenvalue weighted by atomic mass is 10.2. The lowest BCUT2D eigenvalue weighted by Gasteiger charge is -2.01. The zero-order valence-electron chi connectivity index (χ0n) is 7.26. The first-order chi connectivity index (χ1) is 6.33. The maximum atomic E-state index is 3.98. The minimum Gasteiger partial charge on any atom is -0.364 e. The van der Waals surface area contributed by atoms with E-state index in [2.05, 4.69) is 39.9 Å². The molecule has 2 aromatic rings. The lowest BCUT2D eigenvalue weighted by molar-refractivity contribution is 0.956. The monoisotopic (exact) mass is 174 g/mol. The summed E-state index contributed by atoms with van der Waals surface area (Å²) in [5.41, 5.74) is 3.37. The van der Waals surface area contributed by atoms with Gasteiger partial charge in [0.15, 0.2) is 0 Å². The molecule has 13 heavy (non-hydrogen) atoms. The second-order valence-electron chi connectivity index (χ2n) is 3.37. The highest BCUT2D eigenvalue weighted by Gasteiger charge is 2.15. The smallest absolute Gasteiger partial charge is 0.0935 e. The molecule has 0 spiro atoms. The number of nitrogens with one attached hydrogen (secondary N) is 3. The fourth-order valence-corrected chi connectivity index (χ4v) is 1.73. The van der Waals surface area contributed by atoms with Crippen molar-refractivity contribution in [3.63, 3.8) is 0 Å². The van der Waals surface area contributed by atoms with Crippen molar-refractivity contribution in [1.29, 1.82) is 0 Å². The van der Waals surface area contributed by atoms with Crippen LogP contribution in [0, 0.1) is 0 Å². The normalized spacial score (nSPS) is 19.6. The topological polar surface area (TPSA) is 52.7 Å². The van der Waals surface area contributed by atoms with E-state index in [1.807, 2.05) is 6.20 Å². The predicted octanol–water partition coefficient (Wildman–Crippen LogP) is 1.75. The van der Waals surface area contributed by atoms with Crippen LogP contribution >= 0.6 is 0 Å². The molecule has 0 fully saturated rings. The summed E-state index contributed by atoms with van der Waals surface area (Å²) in [5, 5.41) is 14.7. The van der Waals surface area contributed by atoms with Crippen molar-refractivity contribution in [2.24, 2.45) is 0 Å². The van der Waals surface area contributed by atoms with E-state index in [0.717, 1.165) is 22.3 Å². The van der Waals surface area contributed by atoms with Gasteiger partial charge in [0.2, 0.25) is 0 Å². The molecule has 1 aromatic heterocycles. The fourth-order valence-electron chi connectivity index (χ4n) is 1.73. The summed E-state index contributed by atoms with van der Waals surface area (Å²) in [6, 6.07) is 4.18. The van der Waals surface area contributed by atoms with E-state index in [-0.39, 0.29) is 0 Å². The average Bonchev–Trinajstić information content (AvgIpc) is 2.63. The molecular weight excluding hydrogens is 164 g/mol. The number of aromatic nitrogens is 2. The predicted molar refractivity (Wildman–Crippen MR) is 52.8 cm³/mol. The summed E-state index contributed by atoms with van der Waals surface area (Å²) in [6.07, 6.45) is 2.15. The van der Waals surface area contributed by atoms with Crippen LogP contribution < -0.4 is 10.6 Å². The molecule has 1 aliphatic rings. The Morgan fingerprint density at radius 1 is 1.23 bits per heavy atom. The van der Waals surface area contributed by atoms with Crippen molar-refractivity contribution >= 4 is 22.3 Å². The number of fused-ring (bicyclic) bond motifs is 2. The Balaban J connectivity index is 2.27. The summed E-state index contributed by atoms with van der Waals surface area (Å²) >= 11 is 0. The maximum absolute atomic E-state index is 3.98. The molecule has 1 aliphatic heterocycles. The SMILES string of the molecule is CC1Nc2cc3cn[nH]c3cc2N1. The van der Waals surface area contributed by atoms with E-state index >= 15 is 0 Å². The highest BCUT2D eigenvalue weighted by atomic mass is 15.2. The van der Waals surface area contributed by atoms with E-state index in [9.17, 15) is 0 Å². The number of hydrogen-bond acceptors (Lipinski definition) is 3. The molecule has 1 unspecified atom stereocenters. The highest BCUT2D eigenvalue weighted by molar-refractivity contribution is 5.91. The van der Waals surface area contributed by atoms with Gasteiger partial charge >= 0.3 is 0 Å². The van der Waals surface area contributed by atoms with Gasteiger partial charge in [-0.15, -0.1) is 0 Å². The van der Waals surface area contributed by atoms with Gasteiger partial charge in [-0.2, -0.15) is 5.10 Å². The molecule has 0 bridgehead atoms. The van der Waals surface area contributed by atoms with Crippen LogP contribution in [0.3, 0.4) is 0 Å². The van der Waals surface area contributed by atoms with E-state index < -0.39 is 0 Å². The zero-order valence-corrected chi connectivity index (χ0v) is 7.26. The standard InChI is InChI=1S/C9H10N4/c1-5-11-8-2-6-4-10-13-7(6)3-9(8)12-5/h2-5,11-12H,1H3,(H,10,13). The second-order valence-corrected chi connectivity index (χ2v) is 3.37. The van der Waals surface area contributed by atoms with Gasteiger partial charge in [0.1, 0.15) is 0 Å². The van der Waals surface area contributed by atoms with Crippen LogP contribution in [0.25, 0.3) is 10.9 Å². The van der Waals surface area contributed by atoms with Crippen molar-refractivity contribution < 1.29 is 0 Å². The van der Waals surface area contributed by atoms with E-state index in [4.69, 9.17) is 0 Å². The quantitative estimate of drug-likeness (QED) is 0.570. The third-order valence-electron chi connectivity index (χ3n) is 2.32. The summed E-state index contributed by atoms with van der Waals surface area (Å²) in [5.74, 6) is 0. The number of benzene rings is 1. The molecule has 2 heterocycles. The largest absolute Gasteiger partial charge is 0.364 e. The van der Waals surface area contributed by atoms with Crippen LogP contribution in [0.2, 0.25) is 0 Å². The zero-order chi connectivity index (χ0) is 8.84. The van der Waals surface area contributed by atoms with Gasteiger partial charge in [-0.05, 0) is 19.1 Å². The number of hydrogen-bond donors (Lipinski definition) is 3. The Hall–Kier alpha value is -1.71. The van der Waals surface area contributed by atoms with Gasteiger partial charge in [-0.1, -0.05) is 0 Å². The molecule has 0 saturated heterocycles. The molecule has 4 heteroatoms. The number of nitrogens with zero attached hydrogens (tertiary/aromatic N) is 1. The third kappa shape index (κ3) is 0.884. The van der Waals surface area contributed by atoms with Gasteiger partial charge < -0.3 is 10.6 Å². The van der Waals surface area contributed by atoms with Gasteiger partial charge in [0.05, 0.1) is 29.3 Å².